The van der Waals surface area contributed by atoms with Crippen molar-refractivity contribution in [1.29, 1.82) is 0 Å². The molecule has 3 atom stereocenters. The van der Waals surface area contributed by atoms with Gasteiger partial charge >= 0.3 is 12.1 Å². The zero-order chi connectivity index (χ0) is 36.4. The zero-order valence-electron chi connectivity index (χ0n) is 29.8. The second-order valence-corrected chi connectivity index (χ2v) is 14.1. The summed E-state index contributed by atoms with van der Waals surface area (Å²) in [6.07, 6.45) is 5.42. The number of terminal acetylenes is 1. The molecule has 3 rings (SSSR count). The molecule has 260 valence electrons. The summed E-state index contributed by atoms with van der Waals surface area (Å²) in [6, 6.07) is 21.3. The Labute approximate surface area is 290 Å². The third-order valence-corrected chi connectivity index (χ3v) is 7.31. The maximum absolute atomic E-state index is 14.7. The molecule has 0 aliphatic rings. The molecule has 0 fully saturated rings. The summed E-state index contributed by atoms with van der Waals surface area (Å²) in [4.78, 5) is 57.4. The standard InChI is InChI=1S/C40H49N3O6/c1-10-30-23-17-18-24-31(30)34(35(44)41-33(37(46)48-39(4,5)6)26-29-21-15-12-16-22-29)43(27(2)3)36(45)32(25-28-19-13-11-14-20-28)42-38(47)49-40(7,8)9/h1,11-24,27,32-34H,25-26H2,2-9H3,(H,41,44)(H,42,47). The van der Waals surface area contributed by atoms with Crippen LogP contribution in [0.1, 0.15) is 83.7 Å². The van der Waals surface area contributed by atoms with Crippen LogP contribution in [0.4, 0.5) is 4.79 Å². The number of amides is 3. The number of nitrogens with zero attached hydrogens (tertiary/aromatic N) is 1. The summed E-state index contributed by atoms with van der Waals surface area (Å²) in [5, 5.41) is 5.65. The zero-order valence-corrected chi connectivity index (χ0v) is 29.8. The SMILES string of the molecule is C#Cc1ccccc1C(C(=O)NC(Cc1ccccc1)C(=O)OC(C)(C)C)N(C(=O)C(Cc1ccccc1)NC(=O)OC(C)(C)C)C(C)C. The highest BCUT2D eigenvalue weighted by molar-refractivity contribution is 5.94. The van der Waals surface area contributed by atoms with Crippen molar-refractivity contribution in [3.8, 4) is 12.3 Å². The maximum Gasteiger partial charge on any atom is 0.408 e. The molecule has 9 nitrogen and oxygen atoms in total. The number of ether oxygens (including phenoxy) is 2. The highest BCUT2D eigenvalue weighted by atomic mass is 16.6. The molecule has 3 unspecified atom stereocenters. The van der Waals surface area contributed by atoms with E-state index in [1.807, 2.05) is 60.7 Å². The van der Waals surface area contributed by atoms with Gasteiger partial charge in [0.2, 0.25) is 11.8 Å². The molecule has 0 heterocycles. The Morgan fingerprint density at radius 1 is 0.714 bits per heavy atom. The monoisotopic (exact) mass is 667 g/mol. The fourth-order valence-corrected chi connectivity index (χ4v) is 5.31. The van der Waals surface area contributed by atoms with E-state index in [-0.39, 0.29) is 12.8 Å². The number of alkyl carbamates (subject to hydrolysis) is 1. The molecule has 2 N–H and O–H groups in total. The van der Waals surface area contributed by atoms with Crippen molar-refractivity contribution in [1.82, 2.24) is 15.5 Å². The molecule has 9 heteroatoms. The van der Waals surface area contributed by atoms with Gasteiger partial charge in [0.05, 0.1) is 0 Å². The summed E-state index contributed by atoms with van der Waals surface area (Å²) in [7, 11) is 0. The first kappa shape index (κ1) is 38.3. The molecule has 0 aliphatic heterocycles. The van der Waals surface area contributed by atoms with E-state index in [0.29, 0.717) is 11.1 Å². The number of carbonyl (C=O) groups excluding carboxylic acids is 4. The second kappa shape index (κ2) is 16.8. The molecule has 0 radical (unpaired) electrons. The molecule has 3 aromatic rings. The van der Waals surface area contributed by atoms with Gasteiger partial charge in [0, 0.05) is 24.4 Å². The first-order chi connectivity index (χ1) is 23.0. The van der Waals surface area contributed by atoms with Crippen molar-refractivity contribution in [2.24, 2.45) is 0 Å². The summed E-state index contributed by atoms with van der Waals surface area (Å²) in [5.74, 6) is 0.852. The van der Waals surface area contributed by atoms with Crippen molar-refractivity contribution < 1.29 is 28.7 Å². The topological polar surface area (TPSA) is 114 Å². The van der Waals surface area contributed by atoms with E-state index in [2.05, 4.69) is 16.6 Å². The van der Waals surface area contributed by atoms with Crippen molar-refractivity contribution in [3.05, 3.63) is 107 Å². The van der Waals surface area contributed by atoms with Gasteiger partial charge in [-0.2, -0.15) is 0 Å². The van der Waals surface area contributed by atoms with Gasteiger partial charge in [0.1, 0.15) is 29.3 Å². The van der Waals surface area contributed by atoms with Gasteiger partial charge in [0.15, 0.2) is 0 Å². The van der Waals surface area contributed by atoms with E-state index in [0.717, 1.165) is 11.1 Å². The molecular weight excluding hydrogens is 618 g/mol. The summed E-state index contributed by atoms with van der Waals surface area (Å²) >= 11 is 0. The minimum absolute atomic E-state index is 0.127. The predicted molar refractivity (Wildman–Crippen MR) is 190 cm³/mol. The fourth-order valence-electron chi connectivity index (χ4n) is 5.31. The lowest BCUT2D eigenvalue weighted by Crippen LogP contribution is -2.57. The minimum atomic E-state index is -1.28. The summed E-state index contributed by atoms with van der Waals surface area (Å²) < 4.78 is 11.2. The Morgan fingerprint density at radius 2 is 1.20 bits per heavy atom. The van der Waals surface area contributed by atoms with Crippen LogP contribution in [0.3, 0.4) is 0 Å². The first-order valence-corrected chi connectivity index (χ1v) is 16.5. The molecule has 0 spiro atoms. The largest absolute Gasteiger partial charge is 0.458 e. The quantitative estimate of drug-likeness (QED) is 0.177. The lowest BCUT2D eigenvalue weighted by molar-refractivity contribution is -0.159. The summed E-state index contributed by atoms with van der Waals surface area (Å²) in [5.41, 5.74) is 0.759. The molecule has 0 aromatic heterocycles. The Bertz CT molecular complexity index is 1620. The van der Waals surface area contributed by atoms with Gasteiger partial charge in [-0.3, -0.25) is 9.59 Å². The van der Waals surface area contributed by atoms with Gasteiger partial charge < -0.3 is 25.0 Å². The van der Waals surface area contributed by atoms with Crippen LogP contribution in [-0.4, -0.2) is 58.1 Å². The molecule has 0 bridgehead atoms. The van der Waals surface area contributed by atoms with Crippen LogP contribution < -0.4 is 10.6 Å². The van der Waals surface area contributed by atoms with Gasteiger partial charge in [-0.1, -0.05) is 84.8 Å². The molecule has 49 heavy (non-hydrogen) atoms. The van der Waals surface area contributed by atoms with E-state index in [1.165, 1.54) is 4.90 Å². The molecule has 0 saturated carbocycles. The van der Waals surface area contributed by atoms with Crippen LogP contribution >= 0.6 is 0 Å². The number of benzene rings is 3. The van der Waals surface area contributed by atoms with E-state index >= 15 is 0 Å². The van der Waals surface area contributed by atoms with E-state index in [1.54, 1.807) is 79.7 Å². The second-order valence-electron chi connectivity index (χ2n) is 14.1. The Kier molecular flexibility index (Phi) is 13.2. The van der Waals surface area contributed by atoms with E-state index in [4.69, 9.17) is 15.9 Å². The molecule has 0 aliphatic carbocycles. The van der Waals surface area contributed by atoms with Crippen molar-refractivity contribution in [2.75, 3.05) is 0 Å². The number of hydrogen-bond donors (Lipinski definition) is 2. The van der Waals surface area contributed by atoms with Crippen LogP contribution in [-0.2, 0) is 36.7 Å². The average molecular weight is 668 g/mol. The van der Waals surface area contributed by atoms with Crippen LogP contribution in [0.2, 0.25) is 0 Å². The third-order valence-electron chi connectivity index (χ3n) is 7.31. The number of rotatable bonds is 12. The smallest absolute Gasteiger partial charge is 0.408 e. The van der Waals surface area contributed by atoms with Gasteiger partial charge in [0.25, 0.3) is 0 Å². The van der Waals surface area contributed by atoms with Gasteiger partial charge in [-0.25, -0.2) is 9.59 Å². The van der Waals surface area contributed by atoms with Crippen molar-refractivity contribution >= 4 is 23.9 Å². The summed E-state index contributed by atoms with van der Waals surface area (Å²) in [6.45, 7) is 14.0. The molecular formula is C40H49N3O6. The molecule has 0 saturated heterocycles. The van der Waals surface area contributed by atoms with Crippen molar-refractivity contribution in [3.63, 3.8) is 0 Å². The highest BCUT2D eigenvalue weighted by Gasteiger charge is 2.40. The van der Waals surface area contributed by atoms with Crippen LogP contribution in [0.5, 0.6) is 0 Å². The lowest BCUT2D eigenvalue weighted by Gasteiger charge is -2.38. The van der Waals surface area contributed by atoms with E-state index < -0.39 is 59.2 Å². The van der Waals surface area contributed by atoms with Crippen LogP contribution in [0, 0.1) is 12.3 Å². The average Bonchev–Trinajstić information content (AvgIpc) is 3.01. The first-order valence-electron chi connectivity index (χ1n) is 16.5. The number of hydrogen-bond acceptors (Lipinski definition) is 6. The maximum atomic E-state index is 14.7. The third kappa shape index (κ3) is 11.8. The number of esters is 1. The fraction of sp³-hybridized carbons (Fsp3) is 0.400. The Morgan fingerprint density at radius 3 is 1.69 bits per heavy atom. The molecule has 3 aromatic carbocycles. The van der Waals surface area contributed by atoms with Gasteiger partial charge in [-0.15, -0.1) is 6.42 Å². The van der Waals surface area contributed by atoms with E-state index in [9.17, 15) is 19.2 Å². The highest BCUT2D eigenvalue weighted by Crippen LogP contribution is 2.29. The lowest BCUT2D eigenvalue weighted by atomic mass is 9.95. The van der Waals surface area contributed by atoms with Crippen LogP contribution in [0.25, 0.3) is 0 Å². The Hall–Kier alpha value is -5.10. The molecule has 3 amide bonds. The Balaban J connectivity index is 2.13. The van der Waals surface area contributed by atoms with Gasteiger partial charge in [-0.05, 0) is 78.1 Å². The van der Waals surface area contributed by atoms with Crippen LogP contribution in [0.15, 0.2) is 84.9 Å². The number of nitrogens with one attached hydrogen (secondary N) is 2. The van der Waals surface area contributed by atoms with Crippen molar-refractivity contribution in [2.45, 2.75) is 104 Å². The normalized spacial score (nSPS) is 13.3. The predicted octanol–water partition coefficient (Wildman–Crippen LogP) is 6.15. The number of carbonyl (C=O) groups is 4. The minimum Gasteiger partial charge on any atom is -0.458 e.